The average Bonchev–Trinajstić information content (AvgIpc) is 2.84. The van der Waals surface area contributed by atoms with Gasteiger partial charge in [-0.25, -0.2) is 0 Å². The molecule has 1 amide bonds. The number of para-hydroxylation sites is 1. The van der Waals surface area contributed by atoms with Gasteiger partial charge in [0.1, 0.15) is 5.75 Å². The summed E-state index contributed by atoms with van der Waals surface area (Å²) in [5.74, 6) is 0.507. The smallest absolute Gasteiger partial charge is 0.279 e. The molecular formula is C18H18N2O2S. The normalized spacial score (nSPS) is 12.1. The van der Waals surface area contributed by atoms with Crippen LogP contribution in [-0.2, 0) is 7.05 Å². The molecule has 1 aromatic heterocycles. The van der Waals surface area contributed by atoms with E-state index in [1.807, 2.05) is 49.7 Å². The second-order valence-corrected chi connectivity index (χ2v) is 6.53. The maximum absolute atomic E-state index is 12.4. The van der Waals surface area contributed by atoms with Crippen LogP contribution < -0.4 is 9.54 Å². The van der Waals surface area contributed by atoms with E-state index >= 15 is 0 Å². The first-order valence-electron chi connectivity index (χ1n) is 7.45. The lowest BCUT2D eigenvalue weighted by Crippen LogP contribution is -2.13. The number of thiazole rings is 1. The molecule has 0 spiro atoms. The molecule has 23 heavy (non-hydrogen) atoms. The number of amides is 1. The van der Waals surface area contributed by atoms with Gasteiger partial charge in [-0.3, -0.25) is 4.79 Å². The van der Waals surface area contributed by atoms with Gasteiger partial charge in [0.25, 0.3) is 5.91 Å². The largest absolute Gasteiger partial charge is 0.491 e. The first kappa shape index (κ1) is 15.5. The number of hydrogen-bond donors (Lipinski definition) is 0. The lowest BCUT2D eigenvalue weighted by molar-refractivity contribution is 0.0998. The molecule has 0 atom stereocenters. The van der Waals surface area contributed by atoms with Crippen LogP contribution in [0.2, 0.25) is 0 Å². The average molecular weight is 326 g/mol. The maximum Gasteiger partial charge on any atom is 0.279 e. The summed E-state index contributed by atoms with van der Waals surface area (Å²) in [5.41, 5.74) is 1.63. The van der Waals surface area contributed by atoms with Crippen molar-refractivity contribution in [1.82, 2.24) is 4.57 Å². The first-order chi connectivity index (χ1) is 11.0. The Bertz CT molecular complexity index is 905. The van der Waals surface area contributed by atoms with E-state index < -0.39 is 0 Å². The van der Waals surface area contributed by atoms with Crippen molar-refractivity contribution in [1.29, 1.82) is 0 Å². The van der Waals surface area contributed by atoms with E-state index in [4.69, 9.17) is 4.74 Å². The monoisotopic (exact) mass is 326 g/mol. The predicted molar refractivity (Wildman–Crippen MR) is 92.9 cm³/mol. The predicted octanol–water partition coefficient (Wildman–Crippen LogP) is 3.77. The highest BCUT2D eigenvalue weighted by molar-refractivity contribution is 7.16. The fourth-order valence-electron chi connectivity index (χ4n) is 2.29. The molecule has 0 aliphatic heterocycles. The zero-order chi connectivity index (χ0) is 16.4. The summed E-state index contributed by atoms with van der Waals surface area (Å²) < 4.78 is 8.63. The van der Waals surface area contributed by atoms with Gasteiger partial charge >= 0.3 is 0 Å². The number of nitrogens with zero attached hydrogens (tertiary/aromatic N) is 2. The van der Waals surface area contributed by atoms with E-state index in [0.29, 0.717) is 10.4 Å². The molecule has 0 saturated heterocycles. The molecule has 4 nitrogen and oxygen atoms in total. The Morgan fingerprint density at radius 2 is 1.83 bits per heavy atom. The fraction of sp³-hybridized carbons (Fsp3) is 0.222. The maximum atomic E-state index is 12.4. The highest BCUT2D eigenvalue weighted by Gasteiger charge is 2.07. The van der Waals surface area contributed by atoms with Crippen molar-refractivity contribution >= 4 is 27.5 Å². The van der Waals surface area contributed by atoms with Crippen molar-refractivity contribution in [3.63, 3.8) is 0 Å². The summed E-state index contributed by atoms with van der Waals surface area (Å²) in [5, 5.41) is 0. The van der Waals surface area contributed by atoms with E-state index in [-0.39, 0.29) is 12.0 Å². The third-order valence-corrected chi connectivity index (χ3v) is 4.50. The molecular weight excluding hydrogens is 308 g/mol. The summed E-state index contributed by atoms with van der Waals surface area (Å²) in [7, 11) is 1.92. The molecule has 0 aliphatic rings. The molecule has 0 N–H and O–H groups in total. The highest BCUT2D eigenvalue weighted by atomic mass is 32.1. The zero-order valence-corrected chi connectivity index (χ0v) is 14.1. The van der Waals surface area contributed by atoms with Crippen LogP contribution in [0.3, 0.4) is 0 Å². The minimum atomic E-state index is -0.247. The summed E-state index contributed by atoms with van der Waals surface area (Å²) in [6.45, 7) is 3.94. The van der Waals surface area contributed by atoms with Crippen LogP contribution in [-0.4, -0.2) is 16.6 Å². The van der Waals surface area contributed by atoms with E-state index in [0.717, 1.165) is 16.0 Å². The van der Waals surface area contributed by atoms with Gasteiger partial charge in [0.05, 0.1) is 16.3 Å². The van der Waals surface area contributed by atoms with Crippen molar-refractivity contribution in [2.45, 2.75) is 20.0 Å². The summed E-state index contributed by atoms with van der Waals surface area (Å²) in [4.78, 5) is 17.3. The Labute approximate surface area is 138 Å². The van der Waals surface area contributed by atoms with Crippen molar-refractivity contribution in [2.24, 2.45) is 12.0 Å². The molecule has 118 valence electrons. The van der Waals surface area contributed by atoms with Gasteiger partial charge in [-0.1, -0.05) is 23.5 Å². The molecule has 0 fully saturated rings. The first-order valence-corrected chi connectivity index (χ1v) is 8.26. The second kappa shape index (κ2) is 6.38. The van der Waals surface area contributed by atoms with Gasteiger partial charge in [-0.15, -0.1) is 0 Å². The molecule has 5 heteroatoms. The summed E-state index contributed by atoms with van der Waals surface area (Å²) in [6, 6.07) is 15.1. The number of hydrogen-bond acceptors (Lipinski definition) is 3. The number of aromatic nitrogens is 1. The third kappa shape index (κ3) is 3.35. The van der Waals surface area contributed by atoms with Crippen molar-refractivity contribution in [3.8, 4) is 5.75 Å². The van der Waals surface area contributed by atoms with Crippen LogP contribution >= 0.6 is 11.3 Å². The van der Waals surface area contributed by atoms with E-state index in [1.165, 1.54) is 11.3 Å². The fourth-order valence-corrected chi connectivity index (χ4v) is 3.30. The molecule has 0 unspecified atom stereocenters. The highest BCUT2D eigenvalue weighted by Crippen LogP contribution is 2.16. The standard InChI is InChI=1S/C18H18N2O2S/c1-12(2)22-14-10-8-13(9-11-14)17(21)19-18-20(3)15-6-4-5-7-16(15)23-18/h4-12H,1-3H3. The van der Waals surface area contributed by atoms with Gasteiger partial charge < -0.3 is 9.30 Å². The minimum Gasteiger partial charge on any atom is -0.491 e. The topological polar surface area (TPSA) is 43.6 Å². The van der Waals surface area contributed by atoms with Crippen LogP contribution in [0.15, 0.2) is 53.5 Å². The number of fused-ring (bicyclic) bond motifs is 1. The van der Waals surface area contributed by atoms with Crippen LogP contribution in [0.5, 0.6) is 5.75 Å². The summed E-state index contributed by atoms with van der Waals surface area (Å²) >= 11 is 1.51. The van der Waals surface area contributed by atoms with E-state index in [1.54, 1.807) is 24.3 Å². The Morgan fingerprint density at radius 3 is 2.48 bits per heavy atom. The quantitative estimate of drug-likeness (QED) is 0.735. The van der Waals surface area contributed by atoms with Crippen LogP contribution in [0.1, 0.15) is 24.2 Å². The SMILES string of the molecule is CC(C)Oc1ccc(C(=O)N=c2sc3ccccc3n2C)cc1. The van der Waals surface area contributed by atoms with Gasteiger partial charge in [0, 0.05) is 12.6 Å². The van der Waals surface area contributed by atoms with Gasteiger partial charge in [-0.05, 0) is 50.2 Å². The summed E-state index contributed by atoms with van der Waals surface area (Å²) in [6.07, 6.45) is 0.110. The molecule has 3 rings (SSSR count). The van der Waals surface area contributed by atoms with Gasteiger partial charge in [0.2, 0.25) is 0 Å². The van der Waals surface area contributed by atoms with Crippen LogP contribution in [0.25, 0.3) is 10.2 Å². The van der Waals surface area contributed by atoms with E-state index in [2.05, 4.69) is 4.99 Å². The third-order valence-electron chi connectivity index (χ3n) is 3.39. The molecule has 2 aromatic carbocycles. The molecule has 0 bridgehead atoms. The number of carbonyl (C=O) groups excluding carboxylic acids is 1. The number of rotatable bonds is 3. The van der Waals surface area contributed by atoms with E-state index in [9.17, 15) is 4.79 Å². The number of ether oxygens (including phenoxy) is 1. The van der Waals surface area contributed by atoms with Gasteiger partial charge in [0.15, 0.2) is 4.80 Å². The number of aryl methyl sites for hydroxylation is 1. The molecule has 0 radical (unpaired) electrons. The van der Waals surface area contributed by atoms with Crippen LogP contribution in [0.4, 0.5) is 0 Å². The van der Waals surface area contributed by atoms with Crippen molar-refractivity contribution < 1.29 is 9.53 Å². The number of carbonyl (C=O) groups is 1. The molecule has 0 saturated carbocycles. The second-order valence-electron chi connectivity index (χ2n) is 5.52. The molecule has 1 heterocycles. The Balaban J connectivity index is 1.92. The lowest BCUT2D eigenvalue weighted by atomic mass is 10.2. The van der Waals surface area contributed by atoms with Crippen molar-refractivity contribution in [3.05, 3.63) is 58.9 Å². The lowest BCUT2D eigenvalue weighted by Gasteiger charge is -2.09. The molecule has 0 aliphatic carbocycles. The Hall–Kier alpha value is -2.40. The minimum absolute atomic E-state index is 0.110. The van der Waals surface area contributed by atoms with Crippen LogP contribution in [0, 0.1) is 0 Å². The number of benzene rings is 2. The Kier molecular flexibility index (Phi) is 4.30. The Morgan fingerprint density at radius 1 is 1.13 bits per heavy atom. The molecule has 3 aromatic rings. The van der Waals surface area contributed by atoms with Gasteiger partial charge in [-0.2, -0.15) is 4.99 Å². The zero-order valence-electron chi connectivity index (χ0n) is 13.3. The van der Waals surface area contributed by atoms with Crippen molar-refractivity contribution in [2.75, 3.05) is 0 Å².